The Hall–Kier alpha value is -3.86. The zero-order valence-corrected chi connectivity index (χ0v) is 17.9. The Labute approximate surface area is 181 Å². The van der Waals surface area contributed by atoms with Crippen LogP contribution in [0.2, 0.25) is 0 Å². The number of hydrogen-bond acceptors (Lipinski definition) is 2. The molecule has 1 aliphatic heterocycles. The van der Waals surface area contributed by atoms with E-state index in [-0.39, 0.29) is 5.91 Å². The van der Waals surface area contributed by atoms with Gasteiger partial charge < -0.3 is 9.47 Å². The summed E-state index contributed by atoms with van der Waals surface area (Å²) in [5.74, 6) is 0.555. The largest absolute Gasteiger partial charge is 0.341 e. The standard InChI is InChI=1S/C26H24N4O/c1-4-30-22-13-9-8-12-20(22)21-16-18(14-15-23(21)30)17-24-25(31)29(3)26(28(24)2)27-19-10-6-5-7-11-19/h5-17H,4H2,1-3H3/b24-17+,27-26?. The number of nitrogens with zero attached hydrogens (tertiary/aromatic N) is 4. The van der Waals surface area contributed by atoms with Crippen molar-refractivity contribution >= 4 is 45.4 Å². The SMILES string of the molecule is CCn1c2ccccc2c2cc(/C=C3\C(=O)N(C)C(=Nc4ccccc4)N3C)ccc21. The van der Waals surface area contributed by atoms with E-state index in [1.165, 1.54) is 21.8 Å². The first-order chi connectivity index (χ1) is 15.1. The number of benzene rings is 3. The van der Waals surface area contributed by atoms with E-state index >= 15 is 0 Å². The highest BCUT2D eigenvalue weighted by Crippen LogP contribution is 2.31. The molecule has 1 amide bonds. The van der Waals surface area contributed by atoms with Gasteiger partial charge in [-0.05, 0) is 48.9 Å². The molecule has 3 aromatic carbocycles. The number of hydrogen-bond donors (Lipinski definition) is 0. The van der Waals surface area contributed by atoms with Gasteiger partial charge in [0.05, 0.1) is 5.69 Å². The summed E-state index contributed by atoms with van der Waals surface area (Å²) in [4.78, 5) is 21.1. The molecule has 0 aliphatic carbocycles. The van der Waals surface area contributed by atoms with E-state index in [1.54, 1.807) is 11.9 Å². The number of carbonyl (C=O) groups is 1. The smallest absolute Gasteiger partial charge is 0.277 e. The Morgan fingerprint density at radius 3 is 2.32 bits per heavy atom. The summed E-state index contributed by atoms with van der Waals surface area (Å²) in [5.41, 5.74) is 4.86. The molecule has 0 radical (unpaired) electrons. The van der Waals surface area contributed by atoms with Crippen molar-refractivity contribution in [2.75, 3.05) is 14.1 Å². The van der Waals surface area contributed by atoms with Crippen LogP contribution < -0.4 is 0 Å². The molecule has 4 aromatic rings. The summed E-state index contributed by atoms with van der Waals surface area (Å²) in [6.07, 6.45) is 1.95. The van der Waals surface area contributed by atoms with Crippen LogP contribution in [-0.4, -0.2) is 40.3 Å². The van der Waals surface area contributed by atoms with Crippen LogP contribution in [0.5, 0.6) is 0 Å². The van der Waals surface area contributed by atoms with Crippen molar-refractivity contribution in [3.05, 3.63) is 84.1 Å². The Kier molecular flexibility index (Phi) is 4.59. The Balaban J connectivity index is 1.59. The quantitative estimate of drug-likeness (QED) is 0.435. The monoisotopic (exact) mass is 408 g/mol. The number of rotatable bonds is 3. The van der Waals surface area contributed by atoms with Crippen LogP contribution in [0, 0.1) is 0 Å². The fraction of sp³-hybridized carbons (Fsp3) is 0.154. The molecule has 1 saturated heterocycles. The van der Waals surface area contributed by atoms with Crippen LogP contribution in [0.25, 0.3) is 27.9 Å². The third kappa shape index (κ3) is 3.10. The highest BCUT2D eigenvalue weighted by Gasteiger charge is 2.34. The average Bonchev–Trinajstić information content (AvgIpc) is 3.22. The predicted octanol–water partition coefficient (Wildman–Crippen LogP) is 5.25. The second-order valence-electron chi connectivity index (χ2n) is 7.74. The summed E-state index contributed by atoms with van der Waals surface area (Å²) in [6.45, 7) is 3.08. The third-order valence-corrected chi connectivity index (χ3v) is 5.89. The van der Waals surface area contributed by atoms with E-state index in [2.05, 4.69) is 58.9 Å². The van der Waals surface area contributed by atoms with Gasteiger partial charge in [-0.1, -0.05) is 42.5 Å². The second-order valence-corrected chi connectivity index (χ2v) is 7.74. The van der Waals surface area contributed by atoms with Crippen molar-refractivity contribution in [3.8, 4) is 0 Å². The van der Waals surface area contributed by atoms with E-state index in [0.717, 1.165) is 17.8 Å². The molecule has 5 rings (SSSR count). The molecule has 0 unspecified atom stereocenters. The normalized spacial score (nSPS) is 17.1. The lowest BCUT2D eigenvalue weighted by Crippen LogP contribution is -2.29. The van der Waals surface area contributed by atoms with Crippen LogP contribution in [0.1, 0.15) is 12.5 Å². The summed E-state index contributed by atoms with van der Waals surface area (Å²) in [7, 11) is 3.65. The number of likely N-dealkylation sites (N-methyl/N-ethyl adjacent to an activating group) is 2. The molecule has 154 valence electrons. The lowest BCUT2D eigenvalue weighted by Gasteiger charge is -2.14. The van der Waals surface area contributed by atoms with Crippen LogP contribution in [0.15, 0.2) is 83.5 Å². The Bertz CT molecular complexity index is 1360. The van der Waals surface area contributed by atoms with Gasteiger partial charge >= 0.3 is 0 Å². The van der Waals surface area contributed by atoms with Crippen molar-refractivity contribution < 1.29 is 4.79 Å². The highest BCUT2D eigenvalue weighted by atomic mass is 16.2. The van der Waals surface area contributed by atoms with Gasteiger partial charge in [0.25, 0.3) is 5.91 Å². The molecule has 0 spiro atoms. The molecule has 2 heterocycles. The second kappa shape index (κ2) is 7.43. The zero-order chi connectivity index (χ0) is 21.5. The van der Waals surface area contributed by atoms with Crippen molar-refractivity contribution in [1.82, 2.24) is 14.4 Å². The molecule has 5 nitrogen and oxygen atoms in total. The number of aromatic nitrogens is 1. The Morgan fingerprint density at radius 1 is 0.839 bits per heavy atom. The first-order valence-electron chi connectivity index (χ1n) is 10.5. The van der Waals surface area contributed by atoms with Gasteiger partial charge in [0.2, 0.25) is 5.96 Å². The molecule has 31 heavy (non-hydrogen) atoms. The van der Waals surface area contributed by atoms with Crippen molar-refractivity contribution in [1.29, 1.82) is 0 Å². The number of para-hydroxylation sites is 2. The molecule has 5 heteroatoms. The average molecular weight is 409 g/mol. The summed E-state index contributed by atoms with van der Waals surface area (Å²) >= 11 is 0. The van der Waals surface area contributed by atoms with Crippen molar-refractivity contribution in [2.45, 2.75) is 13.5 Å². The molecule has 1 aliphatic rings. The number of aryl methyl sites for hydroxylation is 1. The minimum atomic E-state index is -0.0618. The minimum absolute atomic E-state index is 0.0618. The molecule has 0 bridgehead atoms. The molecular formula is C26H24N4O. The highest BCUT2D eigenvalue weighted by molar-refractivity contribution is 6.16. The zero-order valence-electron chi connectivity index (χ0n) is 17.9. The minimum Gasteiger partial charge on any atom is -0.341 e. The van der Waals surface area contributed by atoms with Crippen LogP contribution >= 0.6 is 0 Å². The lowest BCUT2D eigenvalue weighted by atomic mass is 10.1. The predicted molar refractivity (Wildman–Crippen MR) is 127 cm³/mol. The maximum atomic E-state index is 13.0. The number of amides is 1. The molecule has 0 N–H and O–H groups in total. The first kappa shape index (κ1) is 19.1. The van der Waals surface area contributed by atoms with Gasteiger partial charge in [-0.3, -0.25) is 9.69 Å². The van der Waals surface area contributed by atoms with Crippen LogP contribution in [-0.2, 0) is 11.3 Å². The summed E-state index contributed by atoms with van der Waals surface area (Å²) in [6, 6.07) is 24.5. The Morgan fingerprint density at radius 2 is 1.55 bits per heavy atom. The molecular weight excluding hydrogens is 384 g/mol. The number of carbonyl (C=O) groups excluding carboxylic acids is 1. The fourth-order valence-electron chi connectivity index (χ4n) is 4.33. The maximum Gasteiger partial charge on any atom is 0.277 e. The number of guanidine groups is 1. The van der Waals surface area contributed by atoms with Gasteiger partial charge in [-0.2, -0.15) is 0 Å². The number of fused-ring (bicyclic) bond motifs is 3. The number of aliphatic imine (C=N–C) groups is 1. The third-order valence-electron chi connectivity index (χ3n) is 5.89. The van der Waals surface area contributed by atoms with Gasteiger partial charge in [0.1, 0.15) is 5.70 Å². The van der Waals surface area contributed by atoms with E-state index in [9.17, 15) is 4.79 Å². The first-order valence-corrected chi connectivity index (χ1v) is 10.5. The van der Waals surface area contributed by atoms with Gasteiger partial charge in [-0.15, -0.1) is 0 Å². The van der Waals surface area contributed by atoms with Gasteiger partial charge in [0.15, 0.2) is 0 Å². The molecule has 0 saturated carbocycles. The van der Waals surface area contributed by atoms with Gasteiger partial charge in [0, 0.05) is 42.4 Å². The molecule has 0 atom stereocenters. The van der Waals surface area contributed by atoms with Crippen LogP contribution in [0.3, 0.4) is 0 Å². The van der Waals surface area contributed by atoms with E-state index in [0.29, 0.717) is 11.7 Å². The van der Waals surface area contributed by atoms with Crippen LogP contribution in [0.4, 0.5) is 5.69 Å². The van der Waals surface area contributed by atoms with E-state index < -0.39 is 0 Å². The lowest BCUT2D eigenvalue weighted by molar-refractivity contribution is -0.121. The van der Waals surface area contributed by atoms with Gasteiger partial charge in [-0.25, -0.2) is 4.99 Å². The van der Waals surface area contributed by atoms with E-state index in [1.807, 2.05) is 48.4 Å². The fourth-order valence-corrected chi connectivity index (χ4v) is 4.33. The topological polar surface area (TPSA) is 40.8 Å². The molecule has 1 fully saturated rings. The maximum absolute atomic E-state index is 13.0. The van der Waals surface area contributed by atoms with E-state index in [4.69, 9.17) is 0 Å². The molecule has 1 aromatic heterocycles. The summed E-state index contributed by atoms with van der Waals surface area (Å²) in [5, 5.41) is 2.43. The summed E-state index contributed by atoms with van der Waals surface area (Å²) < 4.78 is 2.33. The van der Waals surface area contributed by atoms with Crippen molar-refractivity contribution in [2.24, 2.45) is 4.99 Å². The van der Waals surface area contributed by atoms with Crippen molar-refractivity contribution in [3.63, 3.8) is 0 Å².